The Hall–Kier alpha value is -1.62. The number of hydrogen-bond donors (Lipinski definition) is 0. The maximum atomic E-state index is 12.4. The van der Waals surface area contributed by atoms with Crippen LogP contribution in [0.4, 0.5) is 0 Å². The third-order valence-corrected chi connectivity index (χ3v) is 3.89. The molecule has 2 aromatic rings. The Balaban J connectivity index is 2.17. The number of aromatic nitrogens is 2. The molecular weight excluding hydrogens is 306 g/mol. The van der Waals surface area contributed by atoms with Gasteiger partial charge in [0.05, 0.1) is 11.8 Å². The van der Waals surface area contributed by atoms with Crippen molar-refractivity contribution in [2.24, 2.45) is 7.05 Å². The van der Waals surface area contributed by atoms with E-state index in [1.54, 1.807) is 18.1 Å². The number of aryl methyl sites for hydroxylation is 1. The molecule has 0 N–H and O–H groups in total. The molecule has 1 aromatic carbocycles. The number of nitrogens with zero attached hydrogens (tertiary/aromatic N) is 3. The molecule has 0 saturated carbocycles. The normalized spacial score (nSPS) is 10.5. The van der Waals surface area contributed by atoms with Gasteiger partial charge in [-0.25, -0.2) is 0 Å². The molecule has 0 aliphatic carbocycles. The highest BCUT2D eigenvalue weighted by atomic mass is 79.9. The Labute approximate surface area is 121 Å². The summed E-state index contributed by atoms with van der Waals surface area (Å²) in [5.74, 6) is -0.00396. The third-order valence-electron chi connectivity index (χ3n) is 3.20. The molecule has 0 saturated heterocycles. The molecule has 19 heavy (non-hydrogen) atoms. The molecule has 1 amide bonds. The average molecular weight is 322 g/mol. The van der Waals surface area contributed by atoms with Crippen LogP contribution in [-0.2, 0) is 13.6 Å². The summed E-state index contributed by atoms with van der Waals surface area (Å²) in [6.45, 7) is 2.55. The van der Waals surface area contributed by atoms with Gasteiger partial charge in [0.1, 0.15) is 0 Å². The summed E-state index contributed by atoms with van der Waals surface area (Å²) < 4.78 is 2.63. The molecule has 1 heterocycles. The number of benzene rings is 1. The first-order valence-electron chi connectivity index (χ1n) is 5.98. The lowest BCUT2D eigenvalue weighted by Crippen LogP contribution is -2.26. The second-order valence-electron chi connectivity index (χ2n) is 4.52. The van der Waals surface area contributed by atoms with E-state index in [1.807, 2.05) is 42.9 Å². The second kappa shape index (κ2) is 5.57. The van der Waals surface area contributed by atoms with E-state index in [-0.39, 0.29) is 5.91 Å². The van der Waals surface area contributed by atoms with Crippen LogP contribution in [0.15, 0.2) is 34.9 Å². The standard InChI is InChI=1S/C14H16BrN3O/c1-10-11(8-16-18(10)3)9-17(2)14(19)12-6-4-5-7-13(12)15/h4-8H,9H2,1-3H3. The van der Waals surface area contributed by atoms with Crippen LogP contribution in [0.2, 0.25) is 0 Å². The van der Waals surface area contributed by atoms with Crippen molar-refractivity contribution in [1.82, 2.24) is 14.7 Å². The lowest BCUT2D eigenvalue weighted by atomic mass is 10.2. The van der Waals surface area contributed by atoms with Crippen molar-refractivity contribution >= 4 is 21.8 Å². The molecule has 0 bridgehead atoms. The fourth-order valence-corrected chi connectivity index (χ4v) is 2.32. The van der Waals surface area contributed by atoms with E-state index in [2.05, 4.69) is 21.0 Å². The minimum absolute atomic E-state index is 0.00396. The molecule has 0 aliphatic rings. The molecular formula is C14H16BrN3O. The van der Waals surface area contributed by atoms with Crippen LogP contribution < -0.4 is 0 Å². The number of carbonyl (C=O) groups excluding carboxylic acids is 1. The van der Waals surface area contributed by atoms with Crippen molar-refractivity contribution in [3.8, 4) is 0 Å². The highest BCUT2D eigenvalue weighted by Gasteiger charge is 2.16. The Bertz CT molecular complexity index is 606. The van der Waals surface area contributed by atoms with Gasteiger partial charge >= 0.3 is 0 Å². The van der Waals surface area contributed by atoms with Gasteiger partial charge in [0.15, 0.2) is 0 Å². The van der Waals surface area contributed by atoms with E-state index >= 15 is 0 Å². The summed E-state index contributed by atoms with van der Waals surface area (Å²) in [6, 6.07) is 7.45. The van der Waals surface area contributed by atoms with E-state index in [0.29, 0.717) is 12.1 Å². The SMILES string of the molecule is Cc1c(CN(C)C(=O)c2ccccc2Br)cnn1C. The number of halogens is 1. The maximum absolute atomic E-state index is 12.4. The Morgan fingerprint density at radius 1 is 1.42 bits per heavy atom. The summed E-state index contributed by atoms with van der Waals surface area (Å²) in [6.07, 6.45) is 1.80. The lowest BCUT2D eigenvalue weighted by Gasteiger charge is -2.17. The van der Waals surface area contributed by atoms with Crippen LogP contribution in [0, 0.1) is 6.92 Å². The number of carbonyl (C=O) groups is 1. The van der Waals surface area contributed by atoms with Gasteiger partial charge in [-0.1, -0.05) is 12.1 Å². The van der Waals surface area contributed by atoms with Crippen LogP contribution in [0.3, 0.4) is 0 Å². The summed E-state index contributed by atoms with van der Waals surface area (Å²) in [5, 5.41) is 4.19. The average Bonchev–Trinajstić information content (AvgIpc) is 2.70. The van der Waals surface area contributed by atoms with Crippen LogP contribution in [0.25, 0.3) is 0 Å². The van der Waals surface area contributed by atoms with Gasteiger partial charge in [-0.15, -0.1) is 0 Å². The Morgan fingerprint density at radius 3 is 2.68 bits per heavy atom. The zero-order valence-corrected chi connectivity index (χ0v) is 12.8. The summed E-state index contributed by atoms with van der Waals surface area (Å²) >= 11 is 3.41. The molecule has 1 aromatic heterocycles. The first-order chi connectivity index (χ1) is 9.00. The molecule has 0 spiro atoms. The summed E-state index contributed by atoms with van der Waals surface area (Å²) in [5.41, 5.74) is 2.81. The van der Waals surface area contributed by atoms with E-state index < -0.39 is 0 Å². The maximum Gasteiger partial charge on any atom is 0.255 e. The van der Waals surface area contributed by atoms with Crippen LogP contribution in [0.1, 0.15) is 21.6 Å². The van der Waals surface area contributed by atoms with Gasteiger partial charge in [-0.05, 0) is 35.0 Å². The molecule has 0 fully saturated rings. The van der Waals surface area contributed by atoms with Crippen molar-refractivity contribution in [3.63, 3.8) is 0 Å². The van der Waals surface area contributed by atoms with Gasteiger partial charge in [0, 0.05) is 36.4 Å². The van der Waals surface area contributed by atoms with E-state index in [9.17, 15) is 4.79 Å². The Kier molecular flexibility index (Phi) is 4.04. The largest absolute Gasteiger partial charge is 0.337 e. The second-order valence-corrected chi connectivity index (χ2v) is 5.37. The number of amides is 1. The van der Waals surface area contributed by atoms with Crippen molar-refractivity contribution in [3.05, 3.63) is 51.8 Å². The first-order valence-corrected chi connectivity index (χ1v) is 6.77. The fraction of sp³-hybridized carbons (Fsp3) is 0.286. The number of rotatable bonds is 3. The van der Waals surface area contributed by atoms with Gasteiger partial charge < -0.3 is 4.90 Å². The summed E-state index contributed by atoms with van der Waals surface area (Å²) in [7, 11) is 3.70. The molecule has 100 valence electrons. The lowest BCUT2D eigenvalue weighted by molar-refractivity contribution is 0.0784. The van der Waals surface area contributed by atoms with Crippen LogP contribution in [0.5, 0.6) is 0 Å². The topological polar surface area (TPSA) is 38.1 Å². The molecule has 0 atom stereocenters. The van der Waals surface area contributed by atoms with E-state index in [1.165, 1.54) is 0 Å². The molecule has 0 radical (unpaired) electrons. The van der Waals surface area contributed by atoms with Crippen LogP contribution >= 0.6 is 15.9 Å². The van der Waals surface area contributed by atoms with E-state index in [4.69, 9.17) is 0 Å². The molecule has 4 nitrogen and oxygen atoms in total. The van der Waals surface area contributed by atoms with Crippen LogP contribution in [-0.4, -0.2) is 27.6 Å². The summed E-state index contributed by atoms with van der Waals surface area (Å²) in [4.78, 5) is 14.1. The first kappa shape index (κ1) is 13.8. The van der Waals surface area contributed by atoms with Crippen molar-refractivity contribution in [2.75, 3.05) is 7.05 Å². The van der Waals surface area contributed by atoms with Gasteiger partial charge in [-0.3, -0.25) is 9.48 Å². The molecule has 5 heteroatoms. The predicted octanol–water partition coefficient (Wildman–Crippen LogP) is 2.76. The highest BCUT2D eigenvalue weighted by molar-refractivity contribution is 9.10. The quantitative estimate of drug-likeness (QED) is 0.871. The zero-order valence-electron chi connectivity index (χ0n) is 11.2. The minimum Gasteiger partial charge on any atom is -0.337 e. The van der Waals surface area contributed by atoms with E-state index in [0.717, 1.165) is 15.7 Å². The third kappa shape index (κ3) is 2.87. The van der Waals surface area contributed by atoms with Crippen molar-refractivity contribution < 1.29 is 4.79 Å². The van der Waals surface area contributed by atoms with Gasteiger partial charge in [-0.2, -0.15) is 5.10 Å². The Morgan fingerprint density at radius 2 is 2.11 bits per heavy atom. The predicted molar refractivity (Wildman–Crippen MR) is 77.9 cm³/mol. The van der Waals surface area contributed by atoms with Crippen molar-refractivity contribution in [1.29, 1.82) is 0 Å². The van der Waals surface area contributed by atoms with Crippen molar-refractivity contribution in [2.45, 2.75) is 13.5 Å². The molecule has 0 aliphatic heterocycles. The smallest absolute Gasteiger partial charge is 0.255 e. The zero-order chi connectivity index (χ0) is 14.0. The monoisotopic (exact) mass is 321 g/mol. The van der Waals surface area contributed by atoms with Gasteiger partial charge in [0.25, 0.3) is 5.91 Å². The minimum atomic E-state index is -0.00396. The fourth-order valence-electron chi connectivity index (χ4n) is 1.87. The molecule has 0 unspecified atom stereocenters. The molecule has 2 rings (SSSR count). The number of hydrogen-bond acceptors (Lipinski definition) is 2. The highest BCUT2D eigenvalue weighted by Crippen LogP contribution is 2.18. The van der Waals surface area contributed by atoms with Gasteiger partial charge in [0.2, 0.25) is 0 Å².